The first-order chi connectivity index (χ1) is 16.1. The summed E-state index contributed by atoms with van der Waals surface area (Å²) in [5.74, 6) is 0.748. The van der Waals surface area contributed by atoms with Gasteiger partial charge < -0.3 is 9.80 Å². The van der Waals surface area contributed by atoms with E-state index in [1.807, 2.05) is 0 Å². The van der Waals surface area contributed by atoms with Crippen LogP contribution in [0.5, 0.6) is 0 Å². The number of rotatable bonds is 3. The van der Waals surface area contributed by atoms with Gasteiger partial charge in [0.25, 0.3) is 0 Å². The third kappa shape index (κ3) is 2.99. The first-order valence-electron chi connectivity index (χ1n) is 12.9. The zero-order valence-corrected chi connectivity index (χ0v) is 20.2. The molecule has 0 N–H and O–H groups in total. The van der Waals surface area contributed by atoms with E-state index in [0.717, 1.165) is 5.92 Å². The van der Waals surface area contributed by atoms with Crippen molar-refractivity contribution >= 4 is 11.4 Å². The van der Waals surface area contributed by atoms with Gasteiger partial charge in [-0.15, -0.1) is 0 Å². The molecular formula is C31H36N2. The van der Waals surface area contributed by atoms with Gasteiger partial charge in [-0.2, -0.15) is 0 Å². The lowest BCUT2D eigenvalue weighted by atomic mass is 9.62. The lowest BCUT2D eigenvalue weighted by molar-refractivity contribution is 0.190. The SMILES string of the molecule is Cc1ccccc1N1C(c2ccccc2)N2c3ccccc3C(C)(C3CCCCC3)C2[C@@H]1C. The van der Waals surface area contributed by atoms with Crippen LogP contribution in [0.2, 0.25) is 0 Å². The molecule has 3 aromatic rings. The molecule has 0 bridgehead atoms. The van der Waals surface area contributed by atoms with Crippen molar-refractivity contribution in [1.82, 2.24) is 0 Å². The van der Waals surface area contributed by atoms with Crippen molar-refractivity contribution in [2.24, 2.45) is 5.92 Å². The van der Waals surface area contributed by atoms with Crippen LogP contribution >= 0.6 is 0 Å². The van der Waals surface area contributed by atoms with Gasteiger partial charge in [0.1, 0.15) is 6.17 Å². The van der Waals surface area contributed by atoms with Crippen molar-refractivity contribution < 1.29 is 0 Å². The summed E-state index contributed by atoms with van der Waals surface area (Å²) in [6.07, 6.45) is 7.10. The Labute approximate surface area is 199 Å². The van der Waals surface area contributed by atoms with E-state index in [4.69, 9.17) is 0 Å². The second-order valence-electron chi connectivity index (χ2n) is 10.7. The van der Waals surface area contributed by atoms with E-state index in [1.165, 1.54) is 54.6 Å². The van der Waals surface area contributed by atoms with Gasteiger partial charge in [-0.1, -0.05) is 92.9 Å². The summed E-state index contributed by atoms with van der Waals surface area (Å²) in [6.45, 7) is 7.36. The Kier molecular flexibility index (Phi) is 5.01. The van der Waals surface area contributed by atoms with E-state index in [2.05, 4.69) is 109 Å². The molecule has 2 heteroatoms. The number of benzene rings is 3. The number of fused-ring (bicyclic) bond motifs is 3. The molecule has 2 aliphatic heterocycles. The van der Waals surface area contributed by atoms with Crippen molar-refractivity contribution in [3.05, 3.63) is 95.6 Å². The molecule has 0 aromatic heterocycles. The van der Waals surface area contributed by atoms with Crippen LogP contribution in [0.1, 0.15) is 68.8 Å². The second-order valence-corrected chi connectivity index (χ2v) is 10.7. The molecule has 2 fully saturated rings. The Hall–Kier alpha value is -2.74. The molecule has 3 aromatic carbocycles. The predicted octanol–water partition coefficient (Wildman–Crippen LogP) is 7.63. The summed E-state index contributed by atoms with van der Waals surface area (Å²) in [5.41, 5.74) is 7.32. The normalized spacial score (nSPS) is 29.2. The quantitative estimate of drug-likeness (QED) is 0.416. The van der Waals surface area contributed by atoms with Gasteiger partial charge in [0.05, 0.1) is 6.04 Å². The topological polar surface area (TPSA) is 6.48 Å². The highest BCUT2D eigenvalue weighted by Crippen LogP contribution is 2.60. The van der Waals surface area contributed by atoms with Crippen molar-refractivity contribution in [3.8, 4) is 0 Å². The third-order valence-corrected chi connectivity index (χ3v) is 9.04. The minimum absolute atomic E-state index is 0.168. The van der Waals surface area contributed by atoms with E-state index < -0.39 is 0 Å². The second kappa shape index (κ2) is 7.94. The highest BCUT2D eigenvalue weighted by Gasteiger charge is 2.61. The van der Waals surface area contributed by atoms with Crippen molar-refractivity contribution in [1.29, 1.82) is 0 Å². The predicted molar refractivity (Wildman–Crippen MR) is 139 cm³/mol. The molecule has 2 nitrogen and oxygen atoms in total. The van der Waals surface area contributed by atoms with Crippen LogP contribution in [0, 0.1) is 12.8 Å². The maximum atomic E-state index is 2.80. The highest BCUT2D eigenvalue weighted by atomic mass is 15.5. The first-order valence-corrected chi connectivity index (χ1v) is 12.9. The Morgan fingerprint density at radius 3 is 2.09 bits per heavy atom. The van der Waals surface area contributed by atoms with Crippen molar-refractivity contribution in [3.63, 3.8) is 0 Å². The van der Waals surface area contributed by atoms with Gasteiger partial charge in [0.2, 0.25) is 0 Å². The largest absolute Gasteiger partial charge is 0.342 e. The molecule has 1 saturated carbocycles. The highest BCUT2D eigenvalue weighted by molar-refractivity contribution is 5.72. The number of nitrogens with zero attached hydrogens (tertiary/aromatic N) is 2. The maximum Gasteiger partial charge on any atom is 0.129 e. The van der Waals surface area contributed by atoms with E-state index in [1.54, 1.807) is 5.56 Å². The fourth-order valence-corrected chi connectivity index (χ4v) is 7.59. The Bertz CT molecular complexity index is 1130. The monoisotopic (exact) mass is 436 g/mol. The van der Waals surface area contributed by atoms with Crippen LogP contribution in [-0.2, 0) is 5.41 Å². The number of para-hydroxylation sites is 2. The molecule has 0 spiro atoms. The minimum atomic E-state index is 0.168. The van der Waals surface area contributed by atoms with E-state index in [9.17, 15) is 0 Å². The van der Waals surface area contributed by atoms with Crippen LogP contribution in [-0.4, -0.2) is 12.1 Å². The van der Waals surface area contributed by atoms with Gasteiger partial charge in [0, 0.05) is 22.8 Å². The minimum Gasteiger partial charge on any atom is -0.342 e. The molecule has 4 atom stereocenters. The summed E-state index contributed by atoms with van der Waals surface area (Å²) in [5, 5.41) is 0. The Morgan fingerprint density at radius 1 is 0.727 bits per heavy atom. The molecule has 0 radical (unpaired) electrons. The molecule has 6 rings (SSSR count). The fourth-order valence-electron chi connectivity index (χ4n) is 7.59. The molecule has 3 aliphatic rings. The van der Waals surface area contributed by atoms with Crippen molar-refractivity contribution in [2.75, 3.05) is 9.80 Å². The average molecular weight is 437 g/mol. The molecule has 0 amide bonds. The van der Waals surface area contributed by atoms with Gasteiger partial charge in [-0.3, -0.25) is 0 Å². The lowest BCUT2D eigenvalue weighted by Crippen LogP contribution is -2.50. The van der Waals surface area contributed by atoms with E-state index in [0.29, 0.717) is 12.1 Å². The van der Waals surface area contributed by atoms with Crippen LogP contribution in [0.15, 0.2) is 78.9 Å². The van der Waals surface area contributed by atoms with Gasteiger partial charge in [-0.25, -0.2) is 0 Å². The lowest BCUT2D eigenvalue weighted by Gasteiger charge is -2.43. The van der Waals surface area contributed by atoms with Crippen molar-refractivity contribution in [2.45, 2.75) is 76.5 Å². The third-order valence-electron chi connectivity index (χ3n) is 9.04. The summed E-state index contributed by atoms with van der Waals surface area (Å²) in [7, 11) is 0. The smallest absolute Gasteiger partial charge is 0.129 e. The van der Waals surface area contributed by atoms with Crippen LogP contribution in [0.25, 0.3) is 0 Å². The van der Waals surface area contributed by atoms with Crippen LogP contribution in [0.3, 0.4) is 0 Å². The van der Waals surface area contributed by atoms with Gasteiger partial charge in [0.15, 0.2) is 0 Å². The average Bonchev–Trinajstić information content (AvgIpc) is 3.32. The summed E-state index contributed by atoms with van der Waals surface area (Å²) in [4.78, 5) is 5.53. The first kappa shape index (κ1) is 20.8. The number of aryl methyl sites for hydroxylation is 1. The molecule has 1 saturated heterocycles. The molecular weight excluding hydrogens is 400 g/mol. The molecule has 170 valence electrons. The molecule has 33 heavy (non-hydrogen) atoms. The van der Waals surface area contributed by atoms with E-state index >= 15 is 0 Å². The molecule has 2 heterocycles. The summed E-state index contributed by atoms with van der Waals surface area (Å²) < 4.78 is 0. The fraction of sp³-hybridized carbons (Fsp3) is 0.419. The number of hydrogen-bond acceptors (Lipinski definition) is 2. The van der Waals surface area contributed by atoms with E-state index in [-0.39, 0.29) is 11.6 Å². The standard InChI is InChI=1S/C31H36N2/c1-22-14-10-12-20-27(22)32-23(2)29-31(3,25-17-8-5-9-18-25)26-19-11-13-21-28(26)33(29)30(32)24-15-6-4-7-16-24/h4,6-7,10-16,19-21,23,25,29-30H,5,8-9,17-18H2,1-3H3/t23-,29?,30?,31?/m0/s1. The number of hydrogen-bond donors (Lipinski definition) is 0. The van der Waals surface area contributed by atoms with Crippen LogP contribution < -0.4 is 9.80 Å². The zero-order chi connectivity index (χ0) is 22.6. The molecule has 3 unspecified atom stereocenters. The number of anilines is 2. The summed E-state index contributed by atoms with van der Waals surface area (Å²) in [6, 6.07) is 30.4. The Morgan fingerprint density at radius 2 is 1.36 bits per heavy atom. The van der Waals surface area contributed by atoms with Crippen LogP contribution in [0.4, 0.5) is 11.4 Å². The van der Waals surface area contributed by atoms with Gasteiger partial charge in [-0.05, 0) is 61.4 Å². The van der Waals surface area contributed by atoms with Gasteiger partial charge >= 0.3 is 0 Å². The molecule has 1 aliphatic carbocycles. The maximum absolute atomic E-state index is 2.80. The summed E-state index contributed by atoms with van der Waals surface area (Å²) >= 11 is 0. The zero-order valence-electron chi connectivity index (χ0n) is 20.2. The Balaban J connectivity index is 1.57.